The first-order valence-electron chi connectivity index (χ1n) is 5.67. The molecule has 2 heterocycles. The van der Waals surface area contributed by atoms with Crippen LogP contribution in [0.25, 0.3) is 11.5 Å². The molecule has 4 nitrogen and oxygen atoms in total. The zero-order valence-electron chi connectivity index (χ0n) is 10.4. The average molecular weight is 228 g/mol. The van der Waals surface area contributed by atoms with E-state index in [1.807, 2.05) is 32.9 Å². The maximum Gasteiger partial charge on any atom is 0.180 e. The predicted molar refractivity (Wildman–Crippen MR) is 68.5 cm³/mol. The molecule has 2 aromatic heterocycles. The number of aryl methyl sites for hydroxylation is 2. The van der Waals surface area contributed by atoms with Crippen molar-refractivity contribution in [3.63, 3.8) is 0 Å². The highest BCUT2D eigenvalue weighted by Gasteiger charge is 2.09. The molecule has 0 radical (unpaired) electrons. The van der Waals surface area contributed by atoms with E-state index in [2.05, 4.69) is 15.0 Å². The van der Waals surface area contributed by atoms with Gasteiger partial charge in [0.1, 0.15) is 11.5 Å². The first-order chi connectivity index (χ1) is 8.11. The molecular formula is C13H16N4. The number of nitrogens with two attached hydrogens (primary N) is 1. The molecule has 0 fully saturated rings. The Bertz CT molecular complexity index is 526. The van der Waals surface area contributed by atoms with Crippen LogP contribution in [0.15, 0.2) is 18.3 Å². The Morgan fingerprint density at radius 2 is 2.00 bits per heavy atom. The van der Waals surface area contributed by atoms with Gasteiger partial charge in [0.2, 0.25) is 0 Å². The van der Waals surface area contributed by atoms with Crippen LogP contribution >= 0.6 is 0 Å². The maximum atomic E-state index is 5.93. The molecule has 0 bridgehead atoms. The molecule has 2 aromatic rings. The predicted octanol–water partition coefficient (Wildman–Crippen LogP) is 2.30. The molecule has 4 heteroatoms. The van der Waals surface area contributed by atoms with E-state index in [0.29, 0.717) is 11.6 Å². The van der Waals surface area contributed by atoms with Crippen LogP contribution in [0.2, 0.25) is 0 Å². The maximum absolute atomic E-state index is 5.93. The normalized spacial score (nSPS) is 10.5. The van der Waals surface area contributed by atoms with Crippen molar-refractivity contribution in [2.24, 2.45) is 0 Å². The third-order valence-electron chi connectivity index (χ3n) is 2.74. The second-order valence-corrected chi connectivity index (χ2v) is 4.07. The van der Waals surface area contributed by atoms with E-state index in [0.717, 1.165) is 28.9 Å². The van der Waals surface area contributed by atoms with Gasteiger partial charge >= 0.3 is 0 Å². The summed E-state index contributed by atoms with van der Waals surface area (Å²) in [5.41, 5.74) is 9.77. The van der Waals surface area contributed by atoms with Crippen LogP contribution in [0, 0.1) is 13.8 Å². The number of aromatic nitrogens is 3. The van der Waals surface area contributed by atoms with E-state index in [-0.39, 0.29) is 0 Å². The first-order valence-corrected chi connectivity index (χ1v) is 5.67. The molecule has 0 aliphatic carbocycles. The standard InChI is InChI=1S/C13H16N4/c1-4-10-9(3)16-13(17-12(10)14)11-7-8(2)5-6-15-11/h5-7H,4H2,1-3H3,(H2,14,16,17). The van der Waals surface area contributed by atoms with Gasteiger partial charge in [-0.05, 0) is 38.0 Å². The highest BCUT2D eigenvalue weighted by Crippen LogP contribution is 2.19. The van der Waals surface area contributed by atoms with E-state index in [9.17, 15) is 0 Å². The van der Waals surface area contributed by atoms with Crippen molar-refractivity contribution in [2.75, 3.05) is 5.73 Å². The fourth-order valence-corrected chi connectivity index (χ4v) is 1.83. The Balaban J connectivity index is 2.54. The summed E-state index contributed by atoms with van der Waals surface area (Å²) < 4.78 is 0. The molecule has 0 unspecified atom stereocenters. The Morgan fingerprint density at radius 1 is 1.24 bits per heavy atom. The van der Waals surface area contributed by atoms with Crippen LogP contribution in [0.4, 0.5) is 5.82 Å². The Labute approximate surface area is 101 Å². The molecule has 2 N–H and O–H groups in total. The van der Waals surface area contributed by atoms with Crippen molar-refractivity contribution < 1.29 is 0 Å². The van der Waals surface area contributed by atoms with Crippen LogP contribution in [-0.2, 0) is 6.42 Å². The van der Waals surface area contributed by atoms with Gasteiger partial charge in [-0.3, -0.25) is 4.98 Å². The molecular weight excluding hydrogens is 212 g/mol. The lowest BCUT2D eigenvalue weighted by atomic mass is 10.1. The van der Waals surface area contributed by atoms with Crippen molar-refractivity contribution in [1.29, 1.82) is 0 Å². The summed E-state index contributed by atoms with van der Waals surface area (Å²) in [6, 6.07) is 3.90. The first kappa shape index (κ1) is 11.5. The molecule has 0 aliphatic heterocycles. The van der Waals surface area contributed by atoms with Crippen LogP contribution in [-0.4, -0.2) is 15.0 Å². The van der Waals surface area contributed by atoms with E-state index in [1.165, 1.54) is 0 Å². The molecule has 0 aliphatic rings. The van der Waals surface area contributed by atoms with Crippen molar-refractivity contribution in [3.8, 4) is 11.5 Å². The van der Waals surface area contributed by atoms with Crippen LogP contribution < -0.4 is 5.73 Å². The number of rotatable bonds is 2. The summed E-state index contributed by atoms with van der Waals surface area (Å²) in [4.78, 5) is 13.0. The highest BCUT2D eigenvalue weighted by molar-refractivity contribution is 5.55. The molecule has 0 saturated heterocycles. The third kappa shape index (κ3) is 2.25. The third-order valence-corrected chi connectivity index (χ3v) is 2.74. The molecule has 0 spiro atoms. The van der Waals surface area contributed by atoms with Gasteiger partial charge in [0.15, 0.2) is 5.82 Å². The summed E-state index contributed by atoms with van der Waals surface area (Å²) in [5.74, 6) is 1.15. The van der Waals surface area contributed by atoms with Crippen molar-refractivity contribution in [2.45, 2.75) is 27.2 Å². The summed E-state index contributed by atoms with van der Waals surface area (Å²) in [5, 5.41) is 0. The highest BCUT2D eigenvalue weighted by atomic mass is 15.0. The number of nitrogen functional groups attached to an aromatic ring is 1. The zero-order chi connectivity index (χ0) is 12.4. The Morgan fingerprint density at radius 3 is 2.59 bits per heavy atom. The lowest BCUT2D eigenvalue weighted by molar-refractivity contribution is 1.00. The van der Waals surface area contributed by atoms with E-state index >= 15 is 0 Å². The van der Waals surface area contributed by atoms with Crippen molar-refractivity contribution >= 4 is 5.82 Å². The number of pyridine rings is 1. The average Bonchev–Trinajstić information content (AvgIpc) is 2.28. The summed E-state index contributed by atoms with van der Waals surface area (Å²) in [6.07, 6.45) is 2.60. The minimum absolute atomic E-state index is 0.554. The number of nitrogens with zero attached hydrogens (tertiary/aromatic N) is 3. The van der Waals surface area contributed by atoms with Gasteiger partial charge in [-0.15, -0.1) is 0 Å². The monoisotopic (exact) mass is 228 g/mol. The fraction of sp³-hybridized carbons (Fsp3) is 0.308. The van der Waals surface area contributed by atoms with Crippen molar-refractivity contribution in [1.82, 2.24) is 15.0 Å². The zero-order valence-corrected chi connectivity index (χ0v) is 10.4. The minimum Gasteiger partial charge on any atom is -0.383 e. The quantitative estimate of drug-likeness (QED) is 0.856. The summed E-state index contributed by atoms with van der Waals surface area (Å²) in [6.45, 7) is 6.02. The van der Waals surface area contributed by atoms with Gasteiger partial charge in [0.05, 0.1) is 0 Å². The number of anilines is 1. The van der Waals surface area contributed by atoms with E-state index < -0.39 is 0 Å². The molecule has 0 aromatic carbocycles. The second-order valence-electron chi connectivity index (χ2n) is 4.07. The fourth-order valence-electron chi connectivity index (χ4n) is 1.83. The summed E-state index contributed by atoms with van der Waals surface area (Å²) >= 11 is 0. The van der Waals surface area contributed by atoms with Gasteiger partial charge in [-0.1, -0.05) is 6.92 Å². The minimum atomic E-state index is 0.554. The molecule has 0 amide bonds. The van der Waals surface area contributed by atoms with Crippen LogP contribution in [0.3, 0.4) is 0 Å². The molecule has 0 saturated carbocycles. The molecule has 2 rings (SSSR count). The van der Waals surface area contributed by atoms with Crippen molar-refractivity contribution in [3.05, 3.63) is 35.2 Å². The van der Waals surface area contributed by atoms with Gasteiger partial charge in [0, 0.05) is 17.5 Å². The second kappa shape index (κ2) is 4.49. The van der Waals surface area contributed by atoms with Crippen LogP contribution in [0.5, 0.6) is 0 Å². The smallest absolute Gasteiger partial charge is 0.180 e. The number of hydrogen-bond acceptors (Lipinski definition) is 4. The lowest BCUT2D eigenvalue weighted by Gasteiger charge is -2.08. The number of hydrogen-bond donors (Lipinski definition) is 1. The molecule has 88 valence electrons. The van der Waals surface area contributed by atoms with Gasteiger partial charge in [-0.2, -0.15) is 0 Å². The van der Waals surface area contributed by atoms with Crippen LogP contribution in [0.1, 0.15) is 23.7 Å². The SMILES string of the molecule is CCc1c(C)nc(-c2cc(C)ccn2)nc1N. The van der Waals surface area contributed by atoms with Gasteiger partial charge in [0.25, 0.3) is 0 Å². The molecule has 17 heavy (non-hydrogen) atoms. The molecule has 0 atom stereocenters. The lowest BCUT2D eigenvalue weighted by Crippen LogP contribution is -2.05. The van der Waals surface area contributed by atoms with Gasteiger partial charge in [-0.25, -0.2) is 9.97 Å². The van der Waals surface area contributed by atoms with E-state index in [4.69, 9.17) is 5.73 Å². The largest absolute Gasteiger partial charge is 0.383 e. The van der Waals surface area contributed by atoms with Gasteiger partial charge < -0.3 is 5.73 Å². The van der Waals surface area contributed by atoms with E-state index in [1.54, 1.807) is 6.20 Å². The Hall–Kier alpha value is -1.97. The Kier molecular flexibility index (Phi) is 3.04. The topological polar surface area (TPSA) is 64.7 Å². The summed E-state index contributed by atoms with van der Waals surface area (Å²) in [7, 11) is 0.